The first-order valence-corrected chi connectivity index (χ1v) is 4.25. The topological polar surface area (TPSA) is 73.6 Å². The molecule has 0 fully saturated rings. The van der Waals surface area contributed by atoms with Crippen molar-refractivity contribution in [1.29, 1.82) is 0 Å². The van der Waals surface area contributed by atoms with Crippen LogP contribution in [-0.4, -0.2) is 25.4 Å². The van der Waals surface area contributed by atoms with Crippen LogP contribution in [-0.2, 0) is 14.4 Å². The third-order valence-electron chi connectivity index (χ3n) is 1.37. The van der Waals surface area contributed by atoms with Gasteiger partial charge in [0.05, 0.1) is 13.0 Å². The maximum atomic E-state index is 11.6. The number of nitrogens with one attached hydrogen (secondary N) is 1. The van der Waals surface area contributed by atoms with Crippen molar-refractivity contribution in [2.24, 2.45) is 5.84 Å². The van der Waals surface area contributed by atoms with Crippen LogP contribution < -0.4 is 11.4 Å². The van der Waals surface area contributed by atoms with E-state index in [9.17, 15) is 18.0 Å². The van der Waals surface area contributed by atoms with Gasteiger partial charge in [0.25, 0.3) is 0 Å². The van der Waals surface area contributed by atoms with Gasteiger partial charge in [-0.05, 0) is 6.42 Å². The molecule has 90 valence electrons. The van der Waals surface area contributed by atoms with Crippen LogP contribution in [0, 0.1) is 0 Å². The molecular weight excluding hydrogens is 217 g/mol. The summed E-state index contributed by atoms with van der Waals surface area (Å²) in [5.41, 5.74) is 1.69. The van der Waals surface area contributed by atoms with Crippen LogP contribution in [0.25, 0.3) is 0 Å². The Morgan fingerprint density at radius 1 is 1.33 bits per heavy atom. The molecule has 0 unspecified atom stereocenters. The lowest BCUT2D eigenvalue weighted by Gasteiger charge is -2.06. The van der Waals surface area contributed by atoms with Gasteiger partial charge in [-0.1, -0.05) is 5.59 Å². The first-order chi connectivity index (χ1) is 6.95. The number of alkyl halides is 3. The smallest absolute Gasteiger partial charge is 0.381 e. The molecule has 0 radical (unpaired) electrons. The van der Waals surface area contributed by atoms with Gasteiger partial charge in [0.15, 0.2) is 0 Å². The quantitative estimate of drug-likeness (QED) is 0.382. The largest absolute Gasteiger partial charge is 0.389 e. The summed E-state index contributed by atoms with van der Waals surface area (Å²) in [6, 6.07) is 0. The van der Waals surface area contributed by atoms with Crippen LogP contribution in [0.3, 0.4) is 0 Å². The molecule has 3 N–H and O–H groups in total. The minimum absolute atomic E-state index is 0.0123. The van der Waals surface area contributed by atoms with Crippen LogP contribution in [0.5, 0.6) is 0 Å². The predicted octanol–water partition coefficient (Wildman–Crippen LogP) is 0.657. The summed E-state index contributed by atoms with van der Waals surface area (Å²) in [4.78, 5) is 14.7. The fraction of sp³-hybridized carbons (Fsp3) is 0.857. The molecular formula is C7H13F3N2O3. The van der Waals surface area contributed by atoms with E-state index in [-0.39, 0.29) is 26.1 Å². The summed E-state index contributed by atoms with van der Waals surface area (Å²) in [7, 11) is 0. The zero-order chi connectivity index (χ0) is 11.7. The van der Waals surface area contributed by atoms with Gasteiger partial charge in [-0.15, -0.1) is 0 Å². The van der Waals surface area contributed by atoms with Crippen LogP contribution in [0.15, 0.2) is 0 Å². The van der Waals surface area contributed by atoms with Crippen LogP contribution in [0.4, 0.5) is 13.2 Å². The molecule has 0 heterocycles. The van der Waals surface area contributed by atoms with Crippen LogP contribution in [0.2, 0.25) is 0 Å². The summed E-state index contributed by atoms with van der Waals surface area (Å²) in [6.07, 6.45) is -5.22. The van der Waals surface area contributed by atoms with E-state index in [4.69, 9.17) is 4.74 Å². The Morgan fingerprint density at radius 2 is 2.00 bits per heavy atom. The standard InChI is InChI=1S/C7H13F3N2O3/c8-7(9,10)3-1-4-14-5-2-6(13)15-12-11/h12H,1-5,11H2. The molecule has 0 amide bonds. The molecule has 0 spiro atoms. The lowest BCUT2D eigenvalue weighted by Crippen LogP contribution is -2.26. The molecule has 0 bridgehead atoms. The highest BCUT2D eigenvalue weighted by molar-refractivity contribution is 5.69. The summed E-state index contributed by atoms with van der Waals surface area (Å²) in [5, 5.41) is 0. The summed E-state index contributed by atoms with van der Waals surface area (Å²) < 4.78 is 39.7. The van der Waals surface area contributed by atoms with Gasteiger partial charge < -0.3 is 9.57 Å². The van der Waals surface area contributed by atoms with E-state index in [0.717, 1.165) is 0 Å². The summed E-state index contributed by atoms with van der Waals surface area (Å²) in [5.74, 6) is 4.04. The Morgan fingerprint density at radius 3 is 2.53 bits per heavy atom. The number of hydrazine groups is 1. The second-order valence-electron chi connectivity index (χ2n) is 2.67. The molecule has 5 nitrogen and oxygen atoms in total. The average Bonchev–Trinajstić information content (AvgIpc) is 2.09. The van der Waals surface area contributed by atoms with E-state index in [1.54, 1.807) is 5.59 Å². The monoisotopic (exact) mass is 230 g/mol. The number of carbonyl (C=O) groups excluding carboxylic acids is 1. The highest BCUT2D eigenvalue weighted by Crippen LogP contribution is 2.20. The molecule has 0 aliphatic heterocycles. The minimum atomic E-state index is -4.16. The second kappa shape index (κ2) is 7.43. The number of nitrogens with two attached hydrogens (primary N) is 1. The molecule has 8 heteroatoms. The van der Waals surface area contributed by atoms with Gasteiger partial charge in [0.2, 0.25) is 0 Å². The van der Waals surface area contributed by atoms with E-state index < -0.39 is 18.6 Å². The average molecular weight is 230 g/mol. The number of halogens is 3. The Labute approximate surface area is 84.6 Å². The van der Waals surface area contributed by atoms with Crippen molar-refractivity contribution in [2.75, 3.05) is 13.2 Å². The van der Waals surface area contributed by atoms with E-state index in [2.05, 4.69) is 10.7 Å². The summed E-state index contributed by atoms with van der Waals surface area (Å²) in [6.45, 7) is -0.0266. The Bertz CT molecular complexity index is 187. The predicted molar refractivity (Wildman–Crippen MR) is 44.1 cm³/mol. The van der Waals surface area contributed by atoms with Crippen molar-refractivity contribution in [3.63, 3.8) is 0 Å². The Hall–Kier alpha value is -0.860. The van der Waals surface area contributed by atoms with Gasteiger partial charge in [0.1, 0.15) is 0 Å². The lowest BCUT2D eigenvalue weighted by molar-refractivity contribution is -0.153. The molecule has 0 saturated carbocycles. The lowest BCUT2D eigenvalue weighted by atomic mass is 10.3. The number of carbonyl (C=O) groups is 1. The van der Waals surface area contributed by atoms with Gasteiger partial charge in [-0.2, -0.15) is 13.2 Å². The molecule has 0 rings (SSSR count). The second-order valence-corrected chi connectivity index (χ2v) is 2.67. The maximum absolute atomic E-state index is 11.6. The van der Waals surface area contributed by atoms with Crippen molar-refractivity contribution >= 4 is 5.97 Å². The highest BCUT2D eigenvalue weighted by atomic mass is 19.4. The molecule has 0 aliphatic carbocycles. The Balaban J connectivity index is 3.22. The SMILES string of the molecule is NNOC(=O)CCOCCCC(F)(F)F. The minimum Gasteiger partial charge on any atom is -0.381 e. The fourth-order valence-corrected chi connectivity index (χ4v) is 0.749. The number of hydrogen-bond donors (Lipinski definition) is 2. The fourth-order valence-electron chi connectivity index (χ4n) is 0.749. The first kappa shape index (κ1) is 14.1. The van der Waals surface area contributed by atoms with Crippen LogP contribution >= 0.6 is 0 Å². The van der Waals surface area contributed by atoms with Gasteiger partial charge >= 0.3 is 12.1 Å². The number of ether oxygens (including phenoxy) is 1. The molecule has 0 aromatic heterocycles. The van der Waals surface area contributed by atoms with Gasteiger partial charge in [-0.25, -0.2) is 5.84 Å². The molecule has 0 saturated heterocycles. The summed E-state index contributed by atoms with van der Waals surface area (Å²) >= 11 is 0. The molecule has 15 heavy (non-hydrogen) atoms. The highest BCUT2D eigenvalue weighted by Gasteiger charge is 2.25. The normalized spacial score (nSPS) is 11.5. The third kappa shape index (κ3) is 11.1. The van der Waals surface area contributed by atoms with E-state index in [0.29, 0.717) is 0 Å². The van der Waals surface area contributed by atoms with Crippen molar-refractivity contribution in [3.8, 4) is 0 Å². The zero-order valence-electron chi connectivity index (χ0n) is 7.97. The van der Waals surface area contributed by atoms with Crippen molar-refractivity contribution in [3.05, 3.63) is 0 Å². The molecule has 0 aliphatic rings. The molecule has 0 aromatic rings. The molecule has 0 aromatic carbocycles. The van der Waals surface area contributed by atoms with Crippen molar-refractivity contribution < 1.29 is 27.5 Å². The maximum Gasteiger partial charge on any atom is 0.389 e. The van der Waals surface area contributed by atoms with Crippen molar-refractivity contribution in [1.82, 2.24) is 5.59 Å². The third-order valence-corrected chi connectivity index (χ3v) is 1.37. The van der Waals surface area contributed by atoms with E-state index >= 15 is 0 Å². The van der Waals surface area contributed by atoms with E-state index in [1.165, 1.54) is 0 Å². The van der Waals surface area contributed by atoms with Gasteiger partial charge in [0, 0.05) is 13.0 Å². The number of hydrogen-bond acceptors (Lipinski definition) is 5. The van der Waals surface area contributed by atoms with E-state index in [1.807, 2.05) is 0 Å². The van der Waals surface area contributed by atoms with Crippen LogP contribution in [0.1, 0.15) is 19.3 Å². The Kier molecular flexibility index (Phi) is 7.01. The first-order valence-electron chi connectivity index (χ1n) is 4.25. The number of rotatable bonds is 7. The van der Waals surface area contributed by atoms with Crippen molar-refractivity contribution in [2.45, 2.75) is 25.4 Å². The zero-order valence-corrected chi connectivity index (χ0v) is 7.97. The van der Waals surface area contributed by atoms with Gasteiger partial charge in [-0.3, -0.25) is 4.79 Å². The molecule has 0 atom stereocenters.